The lowest BCUT2D eigenvalue weighted by molar-refractivity contribution is 0.516. The van der Waals surface area contributed by atoms with E-state index >= 15 is 0 Å². The van der Waals surface area contributed by atoms with Gasteiger partial charge in [0, 0.05) is 60.3 Å². The van der Waals surface area contributed by atoms with Crippen molar-refractivity contribution < 1.29 is 0 Å². The highest BCUT2D eigenvalue weighted by Gasteiger charge is 2.29. The van der Waals surface area contributed by atoms with Crippen LogP contribution in [0.4, 0.5) is 0 Å². The standard InChI is InChI=1S/C60H39N9/c1-6-20-38(21-7-1)55-61-56(39-22-8-2-9-23-39)64-59(63-55)68-49-32-18-16-30-43(49)45-34-36-47-48-37-35-46-44-31-17-19-33-50(44)69(54(46)52(48)67(51(47)53(45)68)42-28-14-5-15-29-42)60-65-57(40-24-10-3-11-25-40)62-58(66-60)41-26-12-4-13-27-41/h1-37,59H,(H,61,63,64). The van der Waals surface area contributed by atoms with Crippen LogP contribution in [0.3, 0.4) is 0 Å². The van der Waals surface area contributed by atoms with Crippen LogP contribution in [0.1, 0.15) is 17.4 Å². The van der Waals surface area contributed by atoms with Crippen LogP contribution in [0.5, 0.6) is 0 Å². The molecule has 1 atom stereocenters. The molecule has 1 N–H and O–H groups in total. The van der Waals surface area contributed by atoms with Crippen LogP contribution in [-0.4, -0.2) is 40.3 Å². The molecule has 0 bridgehead atoms. The second-order valence-electron chi connectivity index (χ2n) is 17.3. The summed E-state index contributed by atoms with van der Waals surface area (Å²) in [6, 6.07) is 78.0. The highest BCUT2D eigenvalue weighted by Crippen LogP contribution is 2.46. The van der Waals surface area contributed by atoms with E-state index in [0.29, 0.717) is 23.4 Å². The molecule has 0 spiro atoms. The fraction of sp³-hybridized carbons (Fsp3) is 0.0167. The third-order valence-corrected chi connectivity index (χ3v) is 13.3. The van der Waals surface area contributed by atoms with Gasteiger partial charge < -0.3 is 9.88 Å². The van der Waals surface area contributed by atoms with Gasteiger partial charge in [-0.2, -0.15) is 9.97 Å². The first-order chi connectivity index (χ1) is 34.2. The fourth-order valence-corrected chi connectivity index (χ4v) is 10.3. The van der Waals surface area contributed by atoms with Gasteiger partial charge in [0.25, 0.3) is 0 Å². The third-order valence-electron chi connectivity index (χ3n) is 13.3. The average molecular weight is 886 g/mol. The molecule has 9 aromatic carbocycles. The molecule has 0 aliphatic carbocycles. The van der Waals surface area contributed by atoms with Gasteiger partial charge >= 0.3 is 0 Å². The van der Waals surface area contributed by atoms with E-state index in [4.69, 9.17) is 24.9 Å². The second kappa shape index (κ2) is 15.6. The summed E-state index contributed by atoms with van der Waals surface area (Å²) in [5.74, 6) is 3.15. The Morgan fingerprint density at radius 1 is 0.348 bits per heavy atom. The molecule has 0 radical (unpaired) electrons. The van der Waals surface area contributed by atoms with Crippen molar-refractivity contribution in [2.24, 2.45) is 9.98 Å². The molecule has 5 heterocycles. The number of nitrogens with one attached hydrogen (secondary N) is 1. The maximum Gasteiger partial charge on any atom is 0.238 e. The van der Waals surface area contributed by atoms with E-state index in [0.717, 1.165) is 99.2 Å². The van der Waals surface area contributed by atoms with E-state index in [-0.39, 0.29) is 0 Å². The zero-order chi connectivity index (χ0) is 45.4. The third kappa shape index (κ3) is 6.14. The summed E-state index contributed by atoms with van der Waals surface area (Å²) >= 11 is 0. The quantitative estimate of drug-likeness (QED) is 0.173. The van der Waals surface area contributed by atoms with Crippen LogP contribution in [0, 0.1) is 0 Å². The maximum absolute atomic E-state index is 5.48. The molecule has 0 saturated heterocycles. The maximum atomic E-state index is 5.48. The summed E-state index contributed by atoms with van der Waals surface area (Å²) in [5.41, 5.74) is 11.0. The average Bonchev–Trinajstić information content (AvgIpc) is 4.08. The van der Waals surface area contributed by atoms with E-state index < -0.39 is 6.29 Å². The molecule has 1 aliphatic heterocycles. The molecule has 69 heavy (non-hydrogen) atoms. The Hall–Kier alpha value is -9.47. The number of benzene rings is 9. The van der Waals surface area contributed by atoms with Gasteiger partial charge in [-0.1, -0.05) is 200 Å². The summed E-state index contributed by atoms with van der Waals surface area (Å²) in [5, 5.41) is 10.5. The van der Waals surface area contributed by atoms with Gasteiger partial charge in [-0.25, -0.2) is 15.0 Å². The molecular weight excluding hydrogens is 847 g/mol. The van der Waals surface area contributed by atoms with Gasteiger partial charge in [0.1, 0.15) is 5.84 Å². The number of nitrogens with zero attached hydrogens (tertiary/aromatic N) is 8. The number of aromatic nitrogens is 6. The van der Waals surface area contributed by atoms with Gasteiger partial charge in [-0.05, 0) is 24.3 Å². The van der Waals surface area contributed by atoms with E-state index in [9.17, 15) is 0 Å². The number of hydrogen-bond acceptors (Lipinski definition) is 6. The lowest BCUT2D eigenvalue weighted by atomic mass is 10.1. The largest absolute Gasteiger partial charge is 0.331 e. The van der Waals surface area contributed by atoms with Crippen molar-refractivity contribution in [2.45, 2.75) is 6.29 Å². The summed E-state index contributed by atoms with van der Waals surface area (Å²) in [6.07, 6.45) is -0.562. The zero-order valence-corrected chi connectivity index (χ0v) is 37.0. The molecule has 9 heteroatoms. The van der Waals surface area contributed by atoms with Crippen molar-refractivity contribution in [3.63, 3.8) is 0 Å². The molecule has 4 aromatic heterocycles. The van der Waals surface area contributed by atoms with E-state index in [1.165, 1.54) is 0 Å². The van der Waals surface area contributed by atoms with Crippen molar-refractivity contribution in [3.05, 3.63) is 236 Å². The minimum absolute atomic E-state index is 0.535. The van der Waals surface area contributed by atoms with Crippen molar-refractivity contribution in [2.75, 3.05) is 0 Å². The lowest BCUT2D eigenvalue weighted by Crippen LogP contribution is -2.36. The molecule has 1 aliphatic rings. The Morgan fingerprint density at radius 2 is 0.783 bits per heavy atom. The fourth-order valence-electron chi connectivity index (χ4n) is 10.3. The molecule has 13 aromatic rings. The predicted octanol–water partition coefficient (Wildman–Crippen LogP) is 13.5. The molecule has 9 nitrogen and oxygen atoms in total. The Labute approximate surface area is 395 Å². The van der Waals surface area contributed by atoms with E-state index in [1.807, 2.05) is 72.8 Å². The normalized spacial score (nSPS) is 13.9. The van der Waals surface area contributed by atoms with Crippen LogP contribution >= 0.6 is 0 Å². The van der Waals surface area contributed by atoms with Crippen LogP contribution in [0.2, 0.25) is 0 Å². The molecule has 0 fully saturated rings. The minimum Gasteiger partial charge on any atom is -0.331 e. The van der Waals surface area contributed by atoms with E-state index in [1.54, 1.807) is 0 Å². The number of rotatable bonds is 7. The van der Waals surface area contributed by atoms with Crippen molar-refractivity contribution >= 4 is 77.1 Å². The summed E-state index contributed by atoms with van der Waals surface area (Å²) in [4.78, 5) is 26.4. The second-order valence-corrected chi connectivity index (χ2v) is 17.3. The number of fused-ring (bicyclic) bond motifs is 11. The lowest BCUT2D eigenvalue weighted by Gasteiger charge is -2.26. The van der Waals surface area contributed by atoms with Gasteiger partial charge in [-0.3, -0.25) is 9.13 Å². The summed E-state index contributed by atoms with van der Waals surface area (Å²) in [6.45, 7) is 0. The first-order valence-corrected chi connectivity index (χ1v) is 23.1. The van der Waals surface area contributed by atoms with E-state index in [2.05, 4.69) is 171 Å². The Morgan fingerprint density at radius 3 is 1.38 bits per heavy atom. The van der Waals surface area contributed by atoms with Crippen LogP contribution < -0.4 is 5.32 Å². The summed E-state index contributed by atoms with van der Waals surface area (Å²) in [7, 11) is 0. The Balaban J connectivity index is 1.13. The first-order valence-electron chi connectivity index (χ1n) is 23.1. The molecule has 0 amide bonds. The topological polar surface area (TPSA) is 90.2 Å². The van der Waals surface area contributed by atoms with Gasteiger partial charge in [-0.15, -0.1) is 0 Å². The molecule has 0 saturated carbocycles. The van der Waals surface area contributed by atoms with Gasteiger partial charge in [0.05, 0.1) is 33.1 Å². The van der Waals surface area contributed by atoms with Crippen molar-refractivity contribution in [1.82, 2.24) is 34.0 Å². The number of amidine groups is 2. The summed E-state index contributed by atoms with van der Waals surface area (Å²) < 4.78 is 7.08. The van der Waals surface area contributed by atoms with Crippen LogP contribution in [-0.2, 0) is 0 Å². The zero-order valence-electron chi connectivity index (χ0n) is 37.0. The predicted molar refractivity (Wildman–Crippen MR) is 281 cm³/mol. The van der Waals surface area contributed by atoms with Crippen LogP contribution in [0.25, 0.3) is 99.8 Å². The van der Waals surface area contributed by atoms with Crippen molar-refractivity contribution in [3.8, 4) is 34.4 Å². The number of hydrogen-bond donors (Lipinski definition) is 1. The van der Waals surface area contributed by atoms with Gasteiger partial charge in [0.2, 0.25) is 12.2 Å². The molecule has 324 valence electrons. The highest BCUT2D eigenvalue weighted by molar-refractivity contribution is 6.28. The molecule has 14 rings (SSSR count). The molecule has 1 unspecified atom stereocenters. The Kier molecular flexibility index (Phi) is 8.75. The Bertz CT molecular complexity index is 4140. The number of aliphatic imine (C=N–C) groups is 2. The smallest absolute Gasteiger partial charge is 0.238 e. The van der Waals surface area contributed by atoms with Crippen LogP contribution in [0.15, 0.2) is 234 Å². The molecular formula is C60H39N9. The monoisotopic (exact) mass is 885 g/mol. The first kappa shape index (κ1) is 38.8. The highest BCUT2D eigenvalue weighted by atomic mass is 15.3. The van der Waals surface area contributed by atoms with Crippen molar-refractivity contribution in [1.29, 1.82) is 0 Å². The number of para-hydroxylation sites is 3. The van der Waals surface area contributed by atoms with Gasteiger partial charge in [0.15, 0.2) is 17.5 Å². The minimum atomic E-state index is -0.562. The SMILES string of the molecule is c1ccc(C2=NC(n3c4ccccc4c4ccc5c6ccc7c8ccccc8n(-c8nc(-c9ccccc9)nc(-c9ccccc9)n8)c7c6n(-c6ccccc6)c5c43)NC(c3ccccc3)=N2)cc1.